The van der Waals surface area contributed by atoms with E-state index in [0.717, 1.165) is 12.1 Å². The summed E-state index contributed by atoms with van der Waals surface area (Å²) < 4.78 is 49.1. The van der Waals surface area contributed by atoms with Crippen LogP contribution in [0.5, 0.6) is 5.75 Å². The van der Waals surface area contributed by atoms with Crippen LogP contribution >= 0.6 is 0 Å². The zero-order valence-electron chi connectivity index (χ0n) is 26.0. The van der Waals surface area contributed by atoms with E-state index in [9.17, 15) is 48.2 Å². The first-order chi connectivity index (χ1) is 22.8. The van der Waals surface area contributed by atoms with Gasteiger partial charge in [0.1, 0.15) is 38.2 Å². The Hall–Kier alpha value is -4.47. The fraction of sp³-hybridized carbons (Fsp3) is 0.455. The number of rotatable bonds is 18. The monoisotopic (exact) mass is 680 g/mol. The Morgan fingerprint density at radius 1 is 1.06 bits per heavy atom. The largest absolute Gasteiger partial charge is 0.491 e. The molecular formula is C33H39F3N2O10. The first-order valence-electron chi connectivity index (χ1n) is 15.3. The molecule has 48 heavy (non-hydrogen) atoms. The molecule has 1 amide bonds. The number of amides is 1. The van der Waals surface area contributed by atoms with E-state index in [1.807, 2.05) is 12.2 Å². The minimum absolute atomic E-state index is 0.0302. The Morgan fingerprint density at radius 3 is 2.46 bits per heavy atom. The summed E-state index contributed by atoms with van der Waals surface area (Å²) in [5.74, 6) is -1.79. The lowest BCUT2D eigenvalue weighted by molar-refractivity contribution is -0.763. The van der Waals surface area contributed by atoms with Gasteiger partial charge in [-0.25, -0.2) is 0 Å². The molecule has 5 atom stereocenters. The Labute approximate surface area is 274 Å². The first-order valence-corrected chi connectivity index (χ1v) is 15.3. The third-order valence-electron chi connectivity index (χ3n) is 7.59. The molecule has 2 aromatic carbocycles. The topological polar surface area (TPSA) is 178 Å². The summed E-state index contributed by atoms with van der Waals surface area (Å²) in [6.07, 6.45) is 1.18. The summed E-state index contributed by atoms with van der Waals surface area (Å²) in [5, 5.41) is 43.0. The van der Waals surface area contributed by atoms with Gasteiger partial charge in [0.05, 0.1) is 17.8 Å². The molecule has 0 aromatic heterocycles. The Morgan fingerprint density at radius 2 is 1.77 bits per heavy atom. The van der Waals surface area contributed by atoms with Crippen molar-refractivity contribution in [3.8, 4) is 5.75 Å². The number of alkyl halides is 3. The van der Waals surface area contributed by atoms with Crippen molar-refractivity contribution >= 4 is 11.9 Å². The van der Waals surface area contributed by atoms with Crippen LogP contribution < -0.4 is 10.1 Å². The molecule has 0 radical (unpaired) electrons. The van der Waals surface area contributed by atoms with Gasteiger partial charge in [0, 0.05) is 18.8 Å². The maximum Gasteiger partial charge on any atom is 0.416 e. The molecule has 0 heterocycles. The number of unbranched alkanes of at least 4 members (excludes halogenated alkanes) is 1. The van der Waals surface area contributed by atoms with E-state index in [1.54, 1.807) is 30.3 Å². The number of carbonyl (C=O) groups is 2. The fourth-order valence-corrected chi connectivity index (χ4v) is 5.05. The molecule has 0 spiro atoms. The second-order valence-corrected chi connectivity index (χ2v) is 11.3. The molecule has 15 heteroatoms. The molecule has 262 valence electrons. The number of allylic oxidation sites excluding steroid dienone is 2. The standard InChI is InChI=1S/C33H39F3N2O10/c34-33(35,36)24-6-5-7-26(16-24)46-21-25(39)14-15-28-27(29(40)17-30(28)41)8-3-1-2-4-9-31(42)37-18-32(43)47-19-22-10-12-23(13-11-22)20-48-38(44)45/h1,3,5-7,10-16,25,27-30,39-41H,2,4,8-9,17-21H2,(H,37,42)/b3-1-,15-14+/t25-,27-,28-,29+,30-/m1/s1. The number of aliphatic hydroxyl groups excluding tert-OH is 3. The van der Waals surface area contributed by atoms with E-state index in [-0.39, 0.29) is 56.8 Å². The van der Waals surface area contributed by atoms with Gasteiger partial charge in [0.2, 0.25) is 5.91 Å². The molecule has 3 rings (SSSR count). The van der Waals surface area contributed by atoms with Crippen LogP contribution in [-0.4, -0.2) is 63.7 Å². The molecule has 12 nitrogen and oxygen atoms in total. The number of benzene rings is 2. The lowest BCUT2D eigenvalue weighted by Gasteiger charge is -2.19. The molecule has 0 bridgehead atoms. The number of ether oxygens (including phenoxy) is 2. The van der Waals surface area contributed by atoms with Gasteiger partial charge >= 0.3 is 12.1 Å². The minimum Gasteiger partial charge on any atom is -0.491 e. The molecule has 1 aliphatic carbocycles. The van der Waals surface area contributed by atoms with Crippen LogP contribution in [0.15, 0.2) is 72.8 Å². The van der Waals surface area contributed by atoms with Crippen molar-refractivity contribution in [3.05, 3.63) is 99.6 Å². The Bertz CT molecular complexity index is 1400. The van der Waals surface area contributed by atoms with Crippen molar-refractivity contribution < 1.29 is 57.5 Å². The quantitative estimate of drug-likeness (QED) is 0.0591. The normalized spacial score (nSPS) is 20.1. The predicted molar refractivity (Wildman–Crippen MR) is 164 cm³/mol. The van der Waals surface area contributed by atoms with Crippen LogP contribution in [0.4, 0.5) is 13.2 Å². The van der Waals surface area contributed by atoms with Gasteiger partial charge in [-0.15, -0.1) is 10.1 Å². The third kappa shape index (κ3) is 13.3. The molecule has 0 unspecified atom stereocenters. The fourth-order valence-electron chi connectivity index (χ4n) is 5.05. The zero-order valence-corrected chi connectivity index (χ0v) is 26.0. The van der Waals surface area contributed by atoms with Crippen LogP contribution in [0, 0.1) is 22.0 Å². The molecule has 4 N–H and O–H groups in total. The molecule has 0 saturated heterocycles. The highest BCUT2D eigenvalue weighted by molar-refractivity contribution is 5.81. The molecule has 1 fully saturated rings. The number of halogens is 3. The first kappa shape index (κ1) is 38.0. The van der Waals surface area contributed by atoms with Crippen molar-refractivity contribution in [1.29, 1.82) is 0 Å². The van der Waals surface area contributed by atoms with Gasteiger partial charge in [0.25, 0.3) is 5.09 Å². The van der Waals surface area contributed by atoms with Crippen LogP contribution in [0.1, 0.15) is 48.8 Å². The van der Waals surface area contributed by atoms with E-state index in [0.29, 0.717) is 30.4 Å². The Balaban J connectivity index is 1.32. The highest BCUT2D eigenvalue weighted by atomic mass is 19.4. The van der Waals surface area contributed by atoms with Crippen molar-refractivity contribution in [2.24, 2.45) is 11.8 Å². The molecule has 0 aliphatic heterocycles. The van der Waals surface area contributed by atoms with Crippen molar-refractivity contribution in [2.45, 2.75) is 69.8 Å². The number of aliphatic hydroxyl groups is 3. The van der Waals surface area contributed by atoms with Crippen LogP contribution in [-0.2, 0) is 38.6 Å². The van der Waals surface area contributed by atoms with E-state index in [2.05, 4.69) is 10.2 Å². The van der Waals surface area contributed by atoms with Crippen molar-refractivity contribution in [2.75, 3.05) is 13.2 Å². The number of hydrogen-bond acceptors (Lipinski definition) is 10. The molecule has 1 aliphatic rings. The van der Waals surface area contributed by atoms with E-state index >= 15 is 0 Å². The zero-order chi connectivity index (χ0) is 35.1. The number of hydrogen-bond donors (Lipinski definition) is 4. The summed E-state index contributed by atoms with van der Waals surface area (Å²) in [5.41, 5.74) is 0.375. The number of carbonyl (C=O) groups excluding carboxylic acids is 2. The highest BCUT2D eigenvalue weighted by Gasteiger charge is 2.39. The van der Waals surface area contributed by atoms with Gasteiger partial charge in [-0.1, -0.05) is 54.6 Å². The van der Waals surface area contributed by atoms with Crippen molar-refractivity contribution in [3.63, 3.8) is 0 Å². The minimum atomic E-state index is -4.52. The van der Waals surface area contributed by atoms with Gasteiger partial charge in [-0.05, 0) is 54.5 Å². The van der Waals surface area contributed by atoms with E-state index in [1.165, 1.54) is 18.2 Å². The predicted octanol–water partition coefficient (Wildman–Crippen LogP) is 4.04. The Kier molecular flexibility index (Phi) is 14.8. The third-order valence-corrected chi connectivity index (χ3v) is 7.59. The van der Waals surface area contributed by atoms with Gasteiger partial charge in [0.15, 0.2) is 0 Å². The molecular weight excluding hydrogens is 641 g/mol. The van der Waals surface area contributed by atoms with Crippen molar-refractivity contribution in [1.82, 2.24) is 5.32 Å². The summed E-state index contributed by atoms with van der Waals surface area (Å²) in [7, 11) is 0. The molecule has 1 saturated carbocycles. The van der Waals surface area contributed by atoms with Crippen LogP contribution in [0.2, 0.25) is 0 Å². The second kappa shape index (κ2) is 18.8. The van der Waals surface area contributed by atoms with Gasteiger partial charge < -0.3 is 34.9 Å². The highest BCUT2D eigenvalue weighted by Crippen LogP contribution is 2.36. The number of nitrogens with zero attached hydrogens (tertiary/aromatic N) is 1. The maximum absolute atomic E-state index is 12.9. The van der Waals surface area contributed by atoms with Gasteiger partial charge in [-0.3, -0.25) is 9.59 Å². The van der Waals surface area contributed by atoms with E-state index in [4.69, 9.17) is 9.47 Å². The average molecular weight is 681 g/mol. The number of nitrogens with one attached hydrogen (secondary N) is 1. The lowest BCUT2D eigenvalue weighted by Crippen LogP contribution is -2.30. The summed E-state index contributed by atoms with van der Waals surface area (Å²) in [6, 6.07) is 10.8. The second-order valence-electron chi connectivity index (χ2n) is 11.3. The summed E-state index contributed by atoms with van der Waals surface area (Å²) >= 11 is 0. The number of esters is 1. The van der Waals surface area contributed by atoms with Crippen LogP contribution in [0.25, 0.3) is 0 Å². The maximum atomic E-state index is 12.9. The smallest absolute Gasteiger partial charge is 0.416 e. The van der Waals surface area contributed by atoms with Crippen LogP contribution in [0.3, 0.4) is 0 Å². The summed E-state index contributed by atoms with van der Waals surface area (Å²) in [6.45, 7) is -0.821. The SMILES string of the molecule is O=C(CCC/C=C\C[C@@H]1[C@@H](/C=C/[C@@H](O)COc2cccc(C(F)(F)F)c2)[C@H](O)C[C@@H]1O)NCC(=O)OCc1ccc(CO[N+](=O)[O-])cc1. The summed E-state index contributed by atoms with van der Waals surface area (Å²) in [4.78, 5) is 38.6. The van der Waals surface area contributed by atoms with E-state index < -0.39 is 47.0 Å². The lowest BCUT2D eigenvalue weighted by atomic mass is 9.89. The average Bonchev–Trinajstić information content (AvgIpc) is 3.32. The molecule has 2 aromatic rings. The van der Waals surface area contributed by atoms with Gasteiger partial charge in [-0.2, -0.15) is 13.2 Å².